The van der Waals surface area contributed by atoms with E-state index in [1.54, 1.807) is 14.2 Å². The first kappa shape index (κ1) is 39.7. The molecular formula is C34H60ClNO6SiSn. The Bertz CT molecular complexity index is 1080. The summed E-state index contributed by atoms with van der Waals surface area (Å²) in [6.45, 7) is 15.9. The maximum atomic E-state index is 10.5. The van der Waals surface area contributed by atoms with Gasteiger partial charge < -0.3 is 4.74 Å². The van der Waals surface area contributed by atoms with Crippen LogP contribution in [0.4, 0.5) is 0 Å². The largest absolute Gasteiger partial charge is 0.0933 e. The molecule has 44 heavy (non-hydrogen) atoms. The molecular weight excluding hydrogens is 701 g/mol. The Balaban J connectivity index is 2.58. The molecule has 0 amide bonds. The molecule has 0 unspecified atom stereocenters. The Hall–Kier alpha value is -0.464. The second-order valence-electron chi connectivity index (χ2n) is 14.4. The van der Waals surface area contributed by atoms with Crippen molar-refractivity contribution in [3.63, 3.8) is 0 Å². The minimum absolute atomic E-state index is 0.0197. The first-order valence-electron chi connectivity index (χ1n) is 16.2. The summed E-state index contributed by atoms with van der Waals surface area (Å²) in [5, 5.41) is 10.5. The summed E-state index contributed by atoms with van der Waals surface area (Å²) in [7, 11) is 1.06. The van der Waals surface area contributed by atoms with Crippen molar-refractivity contribution in [2.75, 3.05) is 20.8 Å². The van der Waals surface area contributed by atoms with Gasteiger partial charge in [0.15, 0.2) is 0 Å². The average Bonchev–Trinajstić information content (AvgIpc) is 3.43. The van der Waals surface area contributed by atoms with Gasteiger partial charge in [-0.1, -0.05) is 17.7 Å². The monoisotopic (exact) mass is 761 g/mol. The fourth-order valence-corrected chi connectivity index (χ4v) is 14.8. The second-order valence-corrected chi connectivity index (χ2v) is 34.3. The van der Waals surface area contributed by atoms with E-state index in [9.17, 15) is 5.11 Å². The van der Waals surface area contributed by atoms with Crippen LogP contribution in [-0.4, -0.2) is 81.7 Å². The van der Waals surface area contributed by atoms with Crippen LogP contribution in [0.3, 0.4) is 0 Å². The third-order valence-corrected chi connectivity index (χ3v) is 20.4. The van der Waals surface area contributed by atoms with Crippen molar-refractivity contribution in [1.29, 1.82) is 0 Å². The predicted molar refractivity (Wildman–Crippen MR) is 187 cm³/mol. The summed E-state index contributed by atoms with van der Waals surface area (Å²) in [4.78, 5) is 11.8. The summed E-state index contributed by atoms with van der Waals surface area (Å²) in [5.74, 6) is -0.392. The van der Waals surface area contributed by atoms with Crippen LogP contribution < -0.4 is 3.71 Å². The average molecular weight is 761 g/mol. The van der Waals surface area contributed by atoms with Gasteiger partial charge in [-0.15, -0.1) is 0 Å². The van der Waals surface area contributed by atoms with E-state index < -0.39 is 32.5 Å². The molecule has 1 aliphatic heterocycles. The maximum Gasteiger partial charge on any atom is 0.000354 e. The first-order chi connectivity index (χ1) is 20.6. The van der Waals surface area contributed by atoms with Crippen molar-refractivity contribution in [2.24, 2.45) is 5.92 Å². The molecule has 2 rings (SSSR count). The number of allylic oxidation sites excluding steroid dienone is 2. The Morgan fingerprint density at radius 2 is 1.80 bits per heavy atom. The molecule has 7 nitrogen and oxygen atoms in total. The van der Waals surface area contributed by atoms with Gasteiger partial charge in [-0.25, -0.2) is 0 Å². The normalized spacial score (nSPS) is 24.0. The van der Waals surface area contributed by atoms with E-state index in [1.165, 1.54) is 5.54 Å². The minimum Gasteiger partial charge on any atom is -0.0933 e. The molecule has 5 atom stereocenters. The number of hydrogen-bond donors (Lipinski definition) is 1. The van der Waals surface area contributed by atoms with E-state index in [1.807, 2.05) is 12.3 Å². The Morgan fingerprint density at radius 1 is 1.16 bits per heavy atom. The van der Waals surface area contributed by atoms with Crippen LogP contribution in [-0.2, 0) is 25.1 Å². The van der Waals surface area contributed by atoms with Crippen LogP contribution in [0.5, 0.6) is 0 Å². The summed E-state index contributed by atoms with van der Waals surface area (Å²) in [5.41, 5.74) is 3.76. The van der Waals surface area contributed by atoms with Crippen molar-refractivity contribution in [3.05, 3.63) is 47.6 Å². The van der Waals surface area contributed by atoms with Crippen LogP contribution in [0.1, 0.15) is 73.6 Å². The molecule has 1 N–H and O–H groups in total. The summed E-state index contributed by atoms with van der Waals surface area (Å²) in [6.07, 6.45) is 11.5. The zero-order chi connectivity index (χ0) is 33.3. The van der Waals surface area contributed by atoms with Crippen LogP contribution in [0.25, 0.3) is 0 Å². The molecule has 1 aromatic rings. The molecule has 0 radical (unpaired) electrons. The van der Waals surface area contributed by atoms with E-state index in [0.29, 0.717) is 48.2 Å². The van der Waals surface area contributed by atoms with Crippen LogP contribution in [0.15, 0.2) is 46.1 Å². The van der Waals surface area contributed by atoms with E-state index in [-0.39, 0.29) is 30.8 Å². The number of oxazole rings is 1. The quantitative estimate of drug-likeness (QED) is 0.127. The molecule has 10 heteroatoms. The van der Waals surface area contributed by atoms with E-state index in [2.05, 4.69) is 81.5 Å². The van der Waals surface area contributed by atoms with Crippen molar-refractivity contribution in [1.82, 2.24) is 4.98 Å². The van der Waals surface area contributed by atoms with Gasteiger partial charge in [0.05, 0.1) is 6.10 Å². The zero-order valence-corrected chi connectivity index (χ0v) is 34.0. The van der Waals surface area contributed by atoms with Crippen molar-refractivity contribution in [3.8, 4) is 0 Å². The molecule has 1 aliphatic rings. The van der Waals surface area contributed by atoms with Crippen molar-refractivity contribution < 1.29 is 28.2 Å². The number of hydrogen-bond acceptors (Lipinski definition) is 7. The predicted octanol–water partition coefficient (Wildman–Crippen LogP) is 8.11. The van der Waals surface area contributed by atoms with Crippen molar-refractivity contribution >= 4 is 42.0 Å². The molecule has 0 bridgehead atoms. The van der Waals surface area contributed by atoms with Gasteiger partial charge in [-0.2, -0.15) is 0 Å². The molecule has 1 aromatic heterocycles. The second kappa shape index (κ2) is 17.6. The summed E-state index contributed by atoms with van der Waals surface area (Å²) < 4.78 is 33.3. The topological polar surface area (TPSA) is 83.2 Å². The van der Waals surface area contributed by atoms with Gasteiger partial charge in [-0.3, -0.25) is 0 Å². The van der Waals surface area contributed by atoms with Crippen molar-refractivity contribution in [2.45, 2.75) is 130 Å². The molecule has 0 saturated carbocycles. The summed E-state index contributed by atoms with van der Waals surface area (Å²) in [6, 6.07) is 0. The number of methoxy groups -OCH3 is 2. The number of aliphatic hydroxyl groups excluding tert-OH is 1. The van der Waals surface area contributed by atoms with Crippen LogP contribution in [0.2, 0.25) is 31.4 Å². The smallest absolute Gasteiger partial charge is 0.000354 e. The number of nitrogens with zero attached hydrogens (tertiary/aromatic N) is 1. The molecule has 1 fully saturated rings. The van der Waals surface area contributed by atoms with Gasteiger partial charge in [0, 0.05) is 12.6 Å². The number of rotatable bonds is 17. The molecule has 2 heterocycles. The molecule has 0 aliphatic carbocycles. The fraction of sp³-hybridized carbons (Fsp3) is 0.735. The standard InChI is InChI=1S/C31H51ClNO6Si.3CH3.Sn/c1-22(2)40(23(3)4,24(5)6)39-29(17-25(7)12-13-27(35-8)11-10-14-32)28-18-26(21-34)19-31(36-9,38-28)20-30-33-15-16-37-30;;;;/h10,12-14,16-17,22-24,26-29,34H,11,18-21H2,1-9H3;3*1H3;/b13-12+,14-10+,25-17+;;;;/t26-,27-,28-,29-,31+;;;;/m1..../s1. The Kier molecular flexibility index (Phi) is 15.9. The third-order valence-electron chi connectivity index (χ3n) is 9.08. The van der Waals surface area contributed by atoms with E-state index in [4.69, 9.17) is 39.6 Å². The van der Waals surface area contributed by atoms with Crippen LogP contribution >= 0.6 is 11.6 Å². The van der Waals surface area contributed by atoms with Gasteiger partial charge >= 0.3 is 232 Å². The summed E-state index contributed by atoms with van der Waals surface area (Å²) >= 11 is 3.34. The van der Waals surface area contributed by atoms with Crippen LogP contribution in [0, 0.1) is 5.92 Å². The number of halogens is 1. The zero-order valence-electron chi connectivity index (χ0n) is 29.4. The molecule has 252 valence electrons. The van der Waals surface area contributed by atoms with Gasteiger partial charge in [0.2, 0.25) is 0 Å². The van der Waals surface area contributed by atoms with E-state index >= 15 is 0 Å². The Labute approximate surface area is 277 Å². The third kappa shape index (κ3) is 10.5. The SMILES string of the molecule is CO[C@@H](/C=C/C(C)=C/[C@@H](O[Si](C(C)C)(C(C)C)C(C)C)[C@H]1C[C@@H](CO)C[C@](Cc2n[c]([Sn]([CH3])([CH3])[CH3])co2)(OC)O1)C/C=C/Cl. The molecule has 1 saturated heterocycles. The first-order valence-corrected chi connectivity index (χ1v) is 28.7. The fourth-order valence-electron chi connectivity index (χ4n) is 6.72. The van der Waals surface area contributed by atoms with E-state index in [0.717, 1.165) is 9.28 Å². The van der Waals surface area contributed by atoms with Gasteiger partial charge in [-0.05, 0) is 6.42 Å². The number of ether oxygens (including phenoxy) is 3. The Morgan fingerprint density at radius 3 is 2.27 bits per heavy atom. The number of aliphatic hydroxyl groups is 1. The molecule has 0 spiro atoms. The number of aromatic nitrogens is 1. The minimum atomic E-state index is -2.42. The van der Waals surface area contributed by atoms with Gasteiger partial charge in [0.25, 0.3) is 0 Å². The molecule has 0 aromatic carbocycles. The maximum absolute atomic E-state index is 10.5. The van der Waals surface area contributed by atoms with Gasteiger partial charge in [0.1, 0.15) is 0 Å².